The summed E-state index contributed by atoms with van der Waals surface area (Å²) in [6.45, 7) is 0.599. The molecule has 1 aliphatic rings. The topological polar surface area (TPSA) is 38.7 Å². The first-order chi connectivity index (χ1) is 10.2. The Labute approximate surface area is 129 Å². The van der Waals surface area contributed by atoms with E-state index in [1.54, 1.807) is 25.3 Å². The van der Waals surface area contributed by atoms with Crippen LogP contribution in [0.5, 0.6) is 5.75 Å². The van der Waals surface area contributed by atoms with E-state index in [4.69, 9.17) is 21.1 Å². The number of hydrogen-bond acceptors (Lipinski definition) is 3. The van der Waals surface area contributed by atoms with Gasteiger partial charge < -0.3 is 14.6 Å². The Balaban J connectivity index is 2.00. The number of rotatable bonds is 3. The molecule has 1 N–H and O–H groups in total. The molecule has 0 radical (unpaired) electrons. The van der Waals surface area contributed by atoms with Crippen molar-refractivity contribution in [2.75, 3.05) is 13.7 Å². The number of fused-ring (bicyclic) bond motifs is 1. The van der Waals surface area contributed by atoms with Crippen molar-refractivity contribution in [1.29, 1.82) is 0 Å². The third-order valence-corrected chi connectivity index (χ3v) is 4.06. The fraction of sp³-hybridized carbons (Fsp3) is 0.294. The maximum Gasteiger partial charge on any atom is 0.124 e. The number of halogens is 1. The van der Waals surface area contributed by atoms with Gasteiger partial charge in [0.15, 0.2) is 0 Å². The van der Waals surface area contributed by atoms with E-state index in [2.05, 4.69) is 6.07 Å². The van der Waals surface area contributed by atoms with Crippen molar-refractivity contribution in [2.45, 2.75) is 18.6 Å². The summed E-state index contributed by atoms with van der Waals surface area (Å²) in [5.74, 6) is 0.610. The number of hydrogen-bond donors (Lipinski definition) is 1. The van der Waals surface area contributed by atoms with Gasteiger partial charge in [-0.3, -0.25) is 0 Å². The van der Waals surface area contributed by atoms with Gasteiger partial charge in [0.25, 0.3) is 0 Å². The van der Waals surface area contributed by atoms with E-state index in [-0.39, 0.29) is 0 Å². The lowest BCUT2D eigenvalue weighted by atomic mass is 9.91. The fourth-order valence-corrected chi connectivity index (χ4v) is 2.97. The molecule has 0 aliphatic carbocycles. The molecular weight excluding hydrogens is 288 g/mol. The highest BCUT2D eigenvalue weighted by Gasteiger charge is 2.30. The van der Waals surface area contributed by atoms with Gasteiger partial charge in [-0.2, -0.15) is 0 Å². The van der Waals surface area contributed by atoms with Crippen LogP contribution in [-0.2, 0) is 11.2 Å². The number of benzene rings is 2. The minimum atomic E-state index is -0.819. The molecular formula is C17H17ClO3. The van der Waals surface area contributed by atoms with Crippen LogP contribution in [0, 0.1) is 0 Å². The van der Waals surface area contributed by atoms with Gasteiger partial charge in [-0.1, -0.05) is 35.9 Å². The van der Waals surface area contributed by atoms with Crippen molar-refractivity contribution >= 4 is 11.6 Å². The van der Waals surface area contributed by atoms with Crippen molar-refractivity contribution in [3.8, 4) is 5.75 Å². The highest BCUT2D eigenvalue weighted by Crippen LogP contribution is 2.40. The van der Waals surface area contributed by atoms with Crippen molar-refractivity contribution in [2.24, 2.45) is 0 Å². The van der Waals surface area contributed by atoms with Crippen LogP contribution in [0.1, 0.15) is 28.9 Å². The maximum absolute atomic E-state index is 10.8. The van der Waals surface area contributed by atoms with Crippen molar-refractivity contribution in [3.05, 3.63) is 64.2 Å². The fourth-order valence-electron chi connectivity index (χ4n) is 2.79. The average Bonchev–Trinajstić information content (AvgIpc) is 2.53. The van der Waals surface area contributed by atoms with Gasteiger partial charge in [0.2, 0.25) is 0 Å². The Morgan fingerprint density at radius 2 is 2.10 bits per heavy atom. The highest BCUT2D eigenvalue weighted by molar-refractivity contribution is 6.30. The van der Waals surface area contributed by atoms with Crippen LogP contribution in [0.15, 0.2) is 42.5 Å². The molecule has 0 saturated heterocycles. The van der Waals surface area contributed by atoms with Gasteiger partial charge >= 0.3 is 0 Å². The van der Waals surface area contributed by atoms with E-state index in [0.717, 1.165) is 12.0 Å². The van der Waals surface area contributed by atoms with E-state index >= 15 is 0 Å². The Morgan fingerprint density at radius 1 is 1.29 bits per heavy atom. The molecule has 0 fully saturated rings. The highest BCUT2D eigenvalue weighted by atomic mass is 35.5. The molecule has 3 nitrogen and oxygen atoms in total. The molecule has 2 unspecified atom stereocenters. The minimum absolute atomic E-state index is 0.401. The summed E-state index contributed by atoms with van der Waals surface area (Å²) in [6.07, 6.45) is -0.353. The van der Waals surface area contributed by atoms with Crippen LogP contribution in [0.3, 0.4) is 0 Å². The largest absolute Gasteiger partial charge is 0.496 e. The van der Waals surface area contributed by atoms with E-state index in [1.807, 2.05) is 18.2 Å². The summed E-state index contributed by atoms with van der Waals surface area (Å²) in [5, 5.41) is 11.3. The average molecular weight is 305 g/mol. The smallest absolute Gasteiger partial charge is 0.124 e. The van der Waals surface area contributed by atoms with E-state index in [1.165, 1.54) is 5.56 Å². The summed E-state index contributed by atoms with van der Waals surface area (Å²) >= 11 is 6.05. The first-order valence-electron chi connectivity index (χ1n) is 6.91. The summed E-state index contributed by atoms with van der Waals surface area (Å²) in [5.41, 5.74) is 2.89. The van der Waals surface area contributed by atoms with Gasteiger partial charge in [-0.15, -0.1) is 0 Å². The standard InChI is InChI=1S/C17H17ClO3/c1-20-15-7-6-12(18)10-14(15)16(19)17-13-5-3-2-4-11(13)8-9-21-17/h2-7,10,16-17,19H,8-9H2,1H3. The monoisotopic (exact) mass is 304 g/mol. The van der Waals surface area contributed by atoms with Crippen molar-refractivity contribution in [1.82, 2.24) is 0 Å². The number of ether oxygens (including phenoxy) is 2. The maximum atomic E-state index is 10.8. The second-order valence-corrected chi connectivity index (χ2v) is 5.51. The predicted octanol–water partition coefficient (Wildman–Crippen LogP) is 3.70. The Hall–Kier alpha value is -1.55. The van der Waals surface area contributed by atoms with E-state index in [0.29, 0.717) is 22.9 Å². The van der Waals surface area contributed by atoms with Gasteiger partial charge in [-0.05, 0) is 35.7 Å². The van der Waals surface area contributed by atoms with Gasteiger partial charge in [-0.25, -0.2) is 0 Å². The lowest BCUT2D eigenvalue weighted by Crippen LogP contribution is -2.22. The van der Waals surface area contributed by atoms with Crippen molar-refractivity contribution < 1.29 is 14.6 Å². The molecule has 21 heavy (non-hydrogen) atoms. The number of methoxy groups -OCH3 is 1. The lowest BCUT2D eigenvalue weighted by Gasteiger charge is -2.30. The molecule has 3 rings (SSSR count). The third-order valence-electron chi connectivity index (χ3n) is 3.83. The first kappa shape index (κ1) is 14.4. The molecule has 2 atom stereocenters. The quantitative estimate of drug-likeness (QED) is 0.940. The van der Waals surface area contributed by atoms with Gasteiger partial charge in [0, 0.05) is 10.6 Å². The summed E-state index contributed by atoms with van der Waals surface area (Å²) < 4.78 is 11.1. The third kappa shape index (κ3) is 2.77. The Morgan fingerprint density at radius 3 is 2.90 bits per heavy atom. The van der Waals surface area contributed by atoms with Crippen molar-refractivity contribution in [3.63, 3.8) is 0 Å². The van der Waals surface area contributed by atoms with E-state index < -0.39 is 12.2 Å². The molecule has 1 heterocycles. The molecule has 0 aromatic heterocycles. The van der Waals surface area contributed by atoms with Gasteiger partial charge in [0.05, 0.1) is 13.7 Å². The minimum Gasteiger partial charge on any atom is -0.496 e. The van der Waals surface area contributed by atoms with Crippen LogP contribution in [0.2, 0.25) is 5.02 Å². The normalized spacial score (nSPS) is 18.9. The summed E-state index contributed by atoms with van der Waals surface area (Å²) in [6, 6.07) is 13.3. The molecule has 2 aromatic carbocycles. The second-order valence-electron chi connectivity index (χ2n) is 5.07. The zero-order valence-electron chi connectivity index (χ0n) is 11.8. The second kappa shape index (κ2) is 6.06. The van der Waals surface area contributed by atoms with Crippen LogP contribution in [0.25, 0.3) is 0 Å². The molecule has 2 aromatic rings. The predicted molar refractivity (Wildman–Crippen MR) is 81.8 cm³/mol. The lowest BCUT2D eigenvalue weighted by molar-refractivity contribution is -0.0490. The zero-order chi connectivity index (χ0) is 14.8. The Bertz CT molecular complexity index is 642. The summed E-state index contributed by atoms with van der Waals surface area (Å²) in [7, 11) is 1.58. The van der Waals surface area contributed by atoms with Crippen LogP contribution in [0.4, 0.5) is 0 Å². The SMILES string of the molecule is COc1ccc(Cl)cc1C(O)C1OCCc2ccccc21. The van der Waals surface area contributed by atoms with Crippen LogP contribution < -0.4 is 4.74 Å². The molecule has 0 amide bonds. The summed E-state index contributed by atoms with van der Waals surface area (Å²) in [4.78, 5) is 0. The molecule has 0 saturated carbocycles. The number of aliphatic hydroxyl groups excluding tert-OH is 1. The molecule has 4 heteroatoms. The number of aliphatic hydroxyl groups is 1. The molecule has 0 spiro atoms. The molecule has 110 valence electrons. The Kier molecular flexibility index (Phi) is 4.15. The molecule has 1 aliphatic heterocycles. The van der Waals surface area contributed by atoms with Crippen LogP contribution >= 0.6 is 11.6 Å². The van der Waals surface area contributed by atoms with Gasteiger partial charge in [0.1, 0.15) is 18.0 Å². The zero-order valence-corrected chi connectivity index (χ0v) is 12.5. The van der Waals surface area contributed by atoms with E-state index in [9.17, 15) is 5.11 Å². The van der Waals surface area contributed by atoms with Crippen LogP contribution in [-0.4, -0.2) is 18.8 Å². The molecule has 0 bridgehead atoms. The first-order valence-corrected chi connectivity index (χ1v) is 7.29.